The molecule has 3 rings (SSSR count). The van der Waals surface area contributed by atoms with Crippen molar-refractivity contribution in [3.63, 3.8) is 0 Å². The average Bonchev–Trinajstić information content (AvgIpc) is 3.01. The van der Waals surface area contributed by atoms with E-state index in [0.717, 1.165) is 4.57 Å². The number of carbonyl (C=O) groups excluding carboxylic acids is 1. The molecule has 0 saturated heterocycles. The van der Waals surface area contributed by atoms with Crippen LogP contribution >= 0.6 is 11.3 Å². The predicted molar refractivity (Wildman–Crippen MR) is 90.7 cm³/mol. The van der Waals surface area contributed by atoms with Crippen LogP contribution in [0.5, 0.6) is 0 Å². The molecule has 0 atom stereocenters. The van der Waals surface area contributed by atoms with Crippen molar-refractivity contribution in [1.29, 1.82) is 0 Å². The standard InChI is InChI=1S/C15H14N4O4S/c1-18-6-2-3-9(13(18)21)12(20)16-5-7-19-14(22)11-10(4-8-24-11)17-15(19)23/h2-4,6,8H,5,7H2,1H3,(H,16,20)(H,17,23). The number of aromatic nitrogens is 3. The number of pyridine rings is 1. The van der Waals surface area contributed by atoms with E-state index in [4.69, 9.17) is 0 Å². The summed E-state index contributed by atoms with van der Waals surface area (Å²) in [5.41, 5.74) is -0.826. The van der Waals surface area contributed by atoms with E-state index < -0.39 is 22.7 Å². The number of hydrogen-bond acceptors (Lipinski definition) is 5. The first-order valence-electron chi connectivity index (χ1n) is 7.13. The Kier molecular flexibility index (Phi) is 4.17. The van der Waals surface area contributed by atoms with Crippen LogP contribution in [0.3, 0.4) is 0 Å². The third-order valence-corrected chi connectivity index (χ3v) is 4.48. The largest absolute Gasteiger partial charge is 0.350 e. The Morgan fingerprint density at radius 1 is 1.25 bits per heavy atom. The zero-order valence-electron chi connectivity index (χ0n) is 12.7. The van der Waals surface area contributed by atoms with Gasteiger partial charge in [-0.1, -0.05) is 0 Å². The van der Waals surface area contributed by atoms with Gasteiger partial charge in [0, 0.05) is 26.3 Å². The van der Waals surface area contributed by atoms with Crippen LogP contribution in [0.4, 0.5) is 0 Å². The first kappa shape index (κ1) is 15.9. The molecule has 0 radical (unpaired) electrons. The number of carbonyl (C=O) groups is 1. The van der Waals surface area contributed by atoms with Crippen LogP contribution in [-0.2, 0) is 13.6 Å². The number of amides is 1. The average molecular weight is 346 g/mol. The van der Waals surface area contributed by atoms with Gasteiger partial charge in [-0.25, -0.2) is 4.79 Å². The Hall–Kier alpha value is -2.94. The second-order valence-electron chi connectivity index (χ2n) is 5.14. The van der Waals surface area contributed by atoms with Gasteiger partial charge in [0.15, 0.2) is 0 Å². The van der Waals surface area contributed by atoms with Gasteiger partial charge in [0.25, 0.3) is 17.0 Å². The van der Waals surface area contributed by atoms with Crippen LogP contribution < -0.4 is 22.1 Å². The monoisotopic (exact) mass is 346 g/mol. The molecule has 0 aliphatic carbocycles. The third kappa shape index (κ3) is 2.81. The maximum absolute atomic E-state index is 12.2. The molecule has 1 amide bonds. The van der Waals surface area contributed by atoms with Crippen molar-refractivity contribution in [2.45, 2.75) is 6.54 Å². The van der Waals surface area contributed by atoms with E-state index >= 15 is 0 Å². The van der Waals surface area contributed by atoms with Gasteiger partial charge in [-0.05, 0) is 23.6 Å². The van der Waals surface area contributed by atoms with Gasteiger partial charge in [0.05, 0.1) is 5.52 Å². The van der Waals surface area contributed by atoms with Crippen molar-refractivity contribution < 1.29 is 4.79 Å². The fourth-order valence-corrected chi connectivity index (χ4v) is 3.12. The smallest absolute Gasteiger partial charge is 0.328 e. The van der Waals surface area contributed by atoms with Gasteiger partial charge in [0.2, 0.25) is 0 Å². The van der Waals surface area contributed by atoms with E-state index in [2.05, 4.69) is 10.3 Å². The number of fused-ring (bicyclic) bond motifs is 1. The Morgan fingerprint density at radius 2 is 2.04 bits per heavy atom. The zero-order chi connectivity index (χ0) is 17.3. The summed E-state index contributed by atoms with van der Waals surface area (Å²) in [6.45, 7) is 0.0671. The summed E-state index contributed by atoms with van der Waals surface area (Å²) in [7, 11) is 1.55. The van der Waals surface area contributed by atoms with Gasteiger partial charge in [0.1, 0.15) is 10.3 Å². The number of aryl methyl sites for hydroxylation is 1. The summed E-state index contributed by atoms with van der Waals surface area (Å²) in [5.74, 6) is -0.544. The summed E-state index contributed by atoms with van der Waals surface area (Å²) >= 11 is 1.24. The Bertz CT molecular complexity index is 1090. The van der Waals surface area contributed by atoms with E-state index in [1.54, 1.807) is 30.8 Å². The molecule has 0 aliphatic rings. The number of aromatic amines is 1. The summed E-state index contributed by atoms with van der Waals surface area (Å²) in [4.78, 5) is 50.7. The lowest BCUT2D eigenvalue weighted by atomic mass is 10.2. The quantitative estimate of drug-likeness (QED) is 0.687. The van der Waals surface area contributed by atoms with Crippen LogP contribution in [-0.4, -0.2) is 26.6 Å². The van der Waals surface area contributed by atoms with Gasteiger partial charge in [-0.2, -0.15) is 0 Å². The molecular weight excluding hydrogens is 332 g/mol. The second kappa shape index (κ2) is 6.28. The molecule has 0 fully saturated rings. The minimum Gasteiger partial charge on any atom is -0.350 e. The molecule has 9 heteroatoms. The molecule has 0 bridgehead atoms. The van der Waals surface area contributed by atoms with Crippen LogP contribution in [0.25, 0.3) is 10.2 Å². The molecule has 0 spiro atoms. The fourth-order valence-electron chi connectivity index (χ4n) is 2.32. The first-order chi connectivity index (χ1) is 11.5. The number of H-pyrrole nitrogens is 1. The van der Waals surface area contributed by atoms with Crippen molar-refractivity contribution >= 4 is 27.5 Å². The Morgan fingerprint density at radius 3 is 2.83 bits per heavy atom. The third-order valence-electron chi connectivity index (χ3n) is 3.58. The molecule has 3 aromatic heterocycles. The highest BCUT2D eigenvalue weighted by molar-refractivity contribution is 7.17. The maximum atomic E-state index is 12.2. The molecular formula is C15H14N4O4S. The number of hydrogen-bond donors (Lipinski definition) is 2. The van der Waals surface area contributed by atoms with Crippen LogP contribution in [0.15, 0.2) is 44.2 Å². The molecule has 3 aromatic rings. The SMILES string of the molecule is Cn1cccc(C(=O)NCCn2c(=O)[nH]c3ccsc3c2=O)c1=O. The summed E-state index contributed by atoms with van der Waals surface area (Å²) in [6.07, 6.45) is 1.55. The van der Waals surface area contributed by atoms with E-state index in [1.165, 1.54) is 22.0 Å². The van der Waals surface area contributed by atoms with E-state index in [0.29, 0.717) is 10.2 Å². The highest BCUT2D eigenvalue weighted by atomic mass is 32.1. The van der Waals surface area contributed by atoms with E-state index in [9.17, 15) is 19.2 Å². The molecule has 3 heterocycles. The lowest BCUT2D eigenvalue weighted by Crippen LogP contribution is -2.39. The second-order valence-corrected chi connectivity index (χ2v) is 6.06. The molecule has 124 valence electrons. The first-order valence-corrected chi connectivity index (χ1v) is 8.01. The summed E-state index contributed by atoms with van der Waals surface area (Å²) < 4.78 is 2.79. The van der Waals surface area contributed by atoms with E-state index in [-0.39, 0.29) is 18.7 Å². The predicted octanol–water partition coefficient (Wildman–Crippen LogP) is -0.120. The topological polar surface area (TPSA) is 106 Å². The van der Waals surface area contributed by atoms with Crippen molar-refractivity contribution in [3.8, 4) is 0 Å². The van der Waals surface area contributed by atoms with Crippen molar-refractivity contribution in [2.75, 3.05) is 6.54 Å². The lowest BCUT2D eigenvalue weighted by molar-refractivity contribution is 0.0950. The molecule has 0 aromatic carbocycles. The van der Waals surface area contributed by atoms with Gasteiger partial charge in [-0.15, -0.1) is 11.3 Å². The van der Waals surface area contributed by atoms with Crippen molar-refractivity contribution in [3.05, 3.63) is 66.5 Å². The van der Waals surface area contributed by atoms with Crippen LogP contribution in [0.1, 0.15) is 10.4 Å². The van der Waals surface area contributed by atoms with Crippen LogP contribution in [0, 0.1) is 0 Å². The molecule has 0 unspecified atom stereocenters. The fraction of sp³-hybridized carbons (Fsp3) is 0.200. The van der Waals surface area contributed by atoms with Gasteiger partial charge >= 0.3 is 5.69 Å². The number of nitrogens with zero attached hydrogens (tertiary/aromatic N) is 2. The molecule has 0 saturated carbocycles. The molecule has 2 N–H and O–H groups in total. The van der Waals surface area contributed by atoms with Gasteiger partial charge < -0.3 is 14.9 Å². The highest BCUT2D eigenvalue weighted by Crippen LogP contribution is 2.11. The van der Waals surface area contributed by atoms with Crippen molar-refractivity contribution in [1.82, 2.24) is 19.4 Å². The maximum Gasteiger partial charge on any atom is 0.328 e. The summed E-state index contributed by atoms with van der Waals surface area (Å²) in [5, 5.41) is 4.27. The number of nitrogens with one attached hydrogen (secondary N) is 2. The lowest BCUT2D eigenvalue weighted by Gasteiger charge is -2.07. The van der Waals surface area contributed by atoms with Crippen LogP contribution in [0.2, 0.25) is 0 Å². The molecule has 8 nitrogen and oxygen atoms in total. The van der Waals surface area contributed by atoms with Gasteiger partial charge in [-0.3, -0.25) is 19.0 Å². The molecule has 24 heavy (non-hydrogen) atoms. The van der Waals surface area contributed by atoms with E-state index in [1.807, 2.05) is 0 Å². The Balaban J connectivity index is 1.76. The zero-order valence-corrected chi connectivity index (χ0v) is 13.6. The highest BCUT2D eigenvalue weighted by Gasteiger charge is 2.12. The minimum atomic E-state index is -0.544. The number of rotatable bonds is 4. The summed E-state index contributed by atoms with van der Waals surface area (Å²) in [6, 6.07) is 4.69. The minimum absolute atomic E-state index is 0.00923. The Labute approximate surface area is 139 Å². The molecule has 0 aliphatic heterocycles. The van der Waals surface area contributed by atoms with Crippen molar-refractivity contribution in [2.24, 2.45) is 7.05 Å². The normalized spacial score (nSPS) is 10.9. The number of thiophene rings is 1.